The van der Waals surface area contributed by atoms with Crippen molar-refractivity contribution in [3.05, 3.63) is 29.8 Å². The molecule has 1 aromatic rings. The Morgan fingerprint density at radius 1 is 1.29 bits per heavy atom. The topological polar surface area (TPSA) is 35.6 Å². The third-order valence-corrected chi connectivity index (χ3v) is 4.70. The molecule has 3 rings (SSSR count). The molecule has 0 spiro atoms. The fourth-order valence-corrected chi connectivity index (χ4v) is 3.37. The number of amides is 1. The summed E-state index contributed by atoms with van der Waals surface area (Å²) in [5, 5.41) is 3.49. The number of hydrogen-bond donors (Lipinski definition) is 1. The number of benzene rings is 1. The van der Waals surface area contributed by atoms with Crippen LogP contribution in [-0.2, 0) is 11.2 Å². The van der Waals surface area contributed by atoms with Gasteiger partial charge in [-0.25, -0.2) is 0 Å². The number of para-hydroxylation sites is 1. The van der Waals surface area contributed by atoms with Crippen molar-refractivity contribution in [2.45, 2.75) is 19.3 Å². The van der Waals surface area contributed by atoms with Crippen molar-refractivity contribution in [3.63, 3.8) is 0 Å². The Labute approximate surface area is 127 Å². The number of hydrogen-bond acceptors (Lipinski definition) is 3. The lowest BCUT2D eigenvalue weighted by atomic mass is 9.91. The Bertz CT molecular complexity index is 497. The van der Waals surface area contributed by atoms with Crippen LogP contribution in [0.5, 0.6) is 0 Å². The molecule has 0 bridgehead atoms. The van der Waals surface area contributed by atoms with Crippen LogP contribution in [0.15, 0.2) is 24.3 Å². The summed E-state index contributed by atoms with van der Waals surface area (Å²) in [6.45, 7) is 4.54. The van der Waals surface area contributed by atoms with Crippen LogP contribution < -0.4 is 10.2 Å². The van der Waals surface area contributed by atoms with Crippen molar-refractivity contribution in [3.8, 4) is 0 Å². The fraction of sp³-hybridized carbons (Fsp3) is 0.588. The van der Waals surface area contributed by atoms with Crippen LogP contribution >= 0.6 is 0 Å². The lowest BCUT2D eigenvalue weighted by Gasteiger charge is -2.35. The molecule has 2 fully saturated rings. The molecule has 4 heteroatoms. The number of piperidine rings is 1. The molecule has 1 amide bonds. The minimum absolute atomic E-state index is 0.218. The maximum atomic E-state index is 12.0. The van der Waals surface area contributed by atoms with Gasteiger partial charge < -0.3 is 15.1 Å². The fourth-order valence-electron chi connectivity index (χ4n) is 3.37. The normalized spacial score (nSPS) is 23.5. The smallest absolute Gasteiger partial charge is 0.241 e. The van der Waals surface area contributed by atoms with Gasteiger partial charge in [0.1, 0.15) is 0 Å². The van der Waals surface area contributed by atoms with Crippen molar-refractivity contribution in [1.82, 2.24) is 10.2 Å². The number of nitrogens with one attached hydrogen (secondary N) is 1. The molecule has 114 valence electrons. The van der Waals surface area contributed by atoms with Crippen molar-refractivity contribution in [2.24, 2.45) is 5.92 Å². The van der Waals surface area contributed by atoms with Gasteiger partial charge in [-0.15, -0.1) is 0 Å². The van der Waals surface area contributed by atoms with Crippen LogP contribution in [-0.4, -0.2) is 50.6 Å². The molecule has 0 radical (unpaired) electrons. The van der Waals surface area contributed by atoms with Crippen molar-refractivity contribution in [2.75, 3.05) is 44.7 Å². The second-order valence-corrected chi connectivity index (χ2v) is 6.28. The molecule has 21 heavy (non-hydrogen) atoms. The number of nitrogens with zero attached hydrogens (tertiary/aromatic N) is 2. The summed E-state index contributed by atoms with van der Waals surface area (Å²) in [6, 6.07) is 8.60. The van der Waals surface area contributed by atoms with Crippen LogP contribution in [0.2, 0.25) is 0 Å². The van der Waals surface area contributed by atoms with E-state index in [1.165, 1.54) is 24.1 Å². The maximum Gasteiger partial charge on any atom is 0.241 e. The van der Waals surface area contributed by atoms with E-state index >= 15 is 0 Å². The SMILES string of the molecule is CN1CCN(c2ccccc2CC2CCCNC2)CC1=O. The molecule has 1 aromatic carbocycles. The Morgan fingerprint density at radius 3 is 2.90 bits per heavy atom. The first kappa shape index (κ1) is 14.4. The van der Waals surface area contributed by atoms with Gasteiger partial charge in [-0.05, 0) is 49.9 Å². The third-order valence-electron chi connectivity index (χ3n) is 4.70. The van der Waals surface area contributed by atoms with Gasteiger partial charge in [0.15, 0.2) is 0 Å². The molecule has 1 atom stereocenters. The highest BCUT2D eigenvalue weighted by Crippen LogP contribution is 2.26. The van der Waals surface area contributed by atoms with Gasteiger partial charge in [0, 0.05) is 25.8 Å². The van der Waals surface area contributed by atoms with Gasteiger partial charge in [-0.2, -0.15) is 0 Å². The highest BCUT2D eigenvalue weighted by molar-refractivity contribution is 5.83. The van der Waals surface area contributed by atoms with Gasteiger partial charge in [0.2, 0.25) is 5.91 Å². The molecule has 1 unspecified atom stereocenters. The zero-order valence-electron chi connectivity index (χ0n) is 12.8. The lowest BCUT2D eigenvalue weighted by Crippen LogP contribution is -2.48. The number of carbonyl (C=O) groups excluding carboxylic acids is 1. The molecule has 2 heterocycles. The maximum absolute atomic E-state index is 12.0. The molecule has 1 N–H and O–H groups in total. The zero-order valence-corrected chi connectivity index (χ0v) is 12.8. The first-order valence-corrected chi connectivity index (χ1v) is 8.01. The largest absolute Gasteiger partial charge is 0.360 e. The van der Waals surface area contributed by atoms with Gasteiger partial charge in [-0.3, -0.25) is 4.79 Å². The molecule has 2 aliphatic heterocycles. The van der Waals surface area contributed by atoms with Crippen LogP contribution in [0.1, 0.15) is 18.4 Å². The second kappa shape index (κ2) is 6.48. The summed E-state index contributed by atoms with van der Waals surface area (Å²) >= 11 is 0. The van der Waals surface area contributed by atoms with E-state index in [1.807, 2.05) is 11.9 Å². The van der Waals surface area contributed by atoms with E-state index in [2.05, 4.69) is 34.5 Å². The molecular formula is C17H25N3O. The second-order valence-electron chi connectivity index (χ2n) is 6.28. The standard InChI is InChI=1S/C17H25N3O/c1-19-9-10-20(13-17(19)21)16-7-3-2-6-15(16)11-14-5-4-8-18-12-14/h2-3,6-7,14,18H,4-5,8-13H2,1H3. The third kappa shape index (κ3) is 3.38. The van der Waals surface area contributed by atoms with Gasteiger partial charge >= 0.3 is 0 Å². The quantitative estimate of drug-likeness (QED) is 0.915. The van der Waals surface area contributed by atoms with E-state index in [0.717, 1.165) is 38.5 Å². The predicted molar refractivity (Wildman–Crippen MR) is 85.6 cm³/mol. The summed E-state index contributed by atoms with van der Waals surface area (Å²) in [6.07, 6.45) is 3.70. The van der Waals surface area contributed by atoms with Crippen LogP contribution in [0.4, 0.5) is 5.69 Å². The Hall–Kier alpha value is -1.55. The monoisotopic (exact) mass is 287 g/mol. The zero-order chi connectivity index (χ0) is 14.7. The Kier molecular flexibility index (Phi) is 4.44. The van der Waals surface area contributed by atoms with E-state index in [0.29, 0.717) is 6.54 Å². The van der Waals surface area contributed by atoms with E-state index in [1.54, 1.807) is 0 Å². The van der Waals surface area contributed by atoms with Crippen molar-refractivity contribution in [1.29, 1.82) is 0 Å². The summed E-state index contributed by atoms with van der Waals surface area (Å²) in [4.78, 5) is 16.0. The Balaban J connectivity index is 1.74. The molecule has 2 saturated heterocycles. The summed E-state index contributed by atoms with van der Waals surface area (Å²) in [7, 11) is 1.89. The average molecular weight is 287 g/mol. The number of likely N-dealkylation sites (N-methyl/N-ethyl adjacent to an activating group) is 1. The number of rotatable bonds is 3. The number of anilines is 1. The van der Waals surface area contributed by atoms with Crippen LogP contribution in [0.25, 0.3) is 0 Å². The van der Waals surface area contributed by atoms with E-state index in [-0.39, 0.29) is 5.91 Å². The summed E-state index contributed by atoms with van der Waals surface area (Å²) in [5.41, 5.74) is 2.65. The average Bonchev–Trinajstić information content (AvgIpc) is 2.52. The van der Waals surface area contributed by atoms with Gasteiger partial charge in [0.05, 0.1) is 6.54 Å². The van der Waals surface area contributed by atoms with E-state index in [9.17, 15) is 4.79 Å². The van der Waals surface area contributed by atoms with E-state index in [4.69, 9.17) is 0 Å². The first-order chi connectivity index (χ1) is 10.2. The van der Waals surface area contributed by atoms with Crippen LogP contribution in [0.3, 0.4) is 0 Å². The number of carbonyl (C=O) groups is 1. The predicted octanol–water partition coefficient (Wildman–Crippen LogP) is 1.51. The molecule has 0 saturated carbocycles. The van der Waals surface area contributed by atoms with E-state index < -0.39 is 0 Å². The lowest BCUT2D eigenvalue weighted by molar-refractivity contribution is -0.129. The van der Waals surface area contributed by atoms with Crippen LogP contribution in [0, 0.1) is 5.92 Å². The van der Waals surface area contributed by atoms with Gasteiger partial charge in [-0.1, -0.05) is 18.2 Å². The Morgan fingerprint density at radius 2 is 2.14 bits per heavy atom. The molecule has 4 nitrogen and oxygen atoms in total. The number of piperazine rings is 1. The minimum atomic E-state index is 0.218. The molecule has 0 aromatic heterocycles. The highest BCUT2D eigenvalue weighted by Gasteiger charge is 2.23. The molecule has 0 aliphatic carbocycles. The highest BCUT2D eigenvalue weighted by atomic mass is 16.2. The first-order valence-electron chi connectivity index (χ1n) is 8.01. The van der Waals surface area contributed by atoms with Crippen molar-refractivity contribution >= 4 is 11.6 Å². The van der Waals surface area contributed by atoms with Gasteiger partial charge in [0.25, 0.3) is 0 Å². The summed E-state index contributed by atoms with van der Waals surface area (Å²) in [5.74, 6) is 0.943. The molecular weight excluding hydrogens is 262 g/mol. The summed E-state index contributed by atoms with van der Waals surface area (Å²) < 4.78 is 0. The van der Waals surface area contributed by atoms with Crippen molar-refractivity contribution < 1.29 is 4.79 Å². The molecule has 2 aliphatic rings. The minimum Gasteiger partial charge on any atom is -0.360 e.